The van der Waals surface area contributed by atoms with Gasteiger partial charge in [0, 0.05) is 33.3 Å². The Bertz CT molecular complexity index is 555. The lowest BCUT2D eigenvalue weighted by Crippen LogP contribution is -2.34. The molecule has 1 atom stereocenters. The third-order valence-corrected chi connectivity index (χ3v) is 4.26. The summed E-state index contributed by atoms with van der Waals surface area (Å²) in [7, 11) is 0. The van der Waals surface area contributed by atoms with Gasteiger partial charge in [-0.25, -0.2) is 0 Å². The van der Waals surface area contributed by atoms with Gasteiger partial charge in [-0.15, -0.1) is 0 Å². The summed E-state index contributed by atoms with van der Waals surface area (Å²) in [4.78, 5) is 4.49. The molecule has 2 nitrogen and oxygen atoms in total. The van der Waals surface area contributed by atoms with Gasteiger partial charge in [-0.05, 0) is 65.1 Å². The summed E-state index contributed by atoms with van der Waals surface area (Å²) >= 11 is 6.97. The van der Waals surface area contributed by atoms with Crippen molar-refractivity contribution in [1.82, 2.24) is 10.3 Å². The summed E-state index contributed by atoms with van der Waals surface area (Å²) in [5.74, 6) is 0. The molecule has 2 aromatic rings. The van der Waals surface area contributed by atoms with Gasteiger partial charge in [-0.2, -0.15) is 0 Å². The van der Waals surface area contributed by atoms with Crippen molar-refractivity contribution in [3.8, 4) is 0 Å². The molecule has 112 valence electrons. The molecule has 0 amide bonds. The monoisotopic (exact) mass is 410 g/mol. The van der Waals surface area contributed by atoms with Crippen molar-refractivity contribution in [2.24, 2.45) is 0 Å². The molecule has 0 bridgehead atoms. The normalized spacial score (nSPS) is 12.3. The molecule has 0 aliphatic heterocycles. The molecule has 1 N–H and O–H groups in total. The quantitative estimate of drug-likeness (QED) is 0.710. The van der Waals surface area contributed by atoms with Crippen molar-refractivity contribution in [2.75, 3.05) is 6.54 Å². The largest absolute Gasteiger partial charge is 0.313 e. The molecule has 1 aromatic carbocycles. The molecule has 0 saturated carbocycles. The second-order valence-electron chi connectivity index (χ2n) is 5.16. The van der Waals surface area contributed by atoms with Crippen LogP contribution in [0, 0.1) is 0 Å². The summed E-state index contributed by atoms with van der Waals surface area (Å²) < 4.78 is 2.16. The molecule has 0 spiro atoms. The van der Waals surface area contributed by atoms with Gasteiger partial charge in [0.25, 0.3) is 0 Å². The van der Waals surface area contributed by atoms with Crippen molar-refractivity contribution in [1.29, 1.82) is 0 Å². The maximum absolute atomic E-state index is 4.49. The number of aromatic nitrogens is 1. The van der Waals surface area contributed by atoms with Crippen LogP contribution in [0.4, 0.5) is 0 Å². The Morgan fingerprint density at radius 3 is 2.62 bits per heavy atom. The van der Waals surface area contributed by atoms with Crippen molar-refractivity contribution in [3.05, 3.63) is 62.8 Å². The van der Waals surface area contributed by atoms with E-state index in [4.69, 9.17) is 0 Å². The topological polar surface area (TPSA) is 24.9 Å². The summed E-state index contributed by atoms with van der Waals surface area (Å²) in [5, 5.41) is 3.63. The van der Waals surface area contributed by atoms with E-state index in [1.54, 1.807) is 0 Å². The minimum Gasteiger partial charge on any atom is -0.313 e. The van der Waals surface area contributed by atoms with Gasteiger partial charge in [0.1, 0.15) is 0 Å². The Balaban J connectivity index is 2.04. The second-order valence-corrected chi connectivity index (χ2v) is 6.99. The average Bonchev–Trinajstić information content (AvgIpc) is 2.47. The number of hydrogen-bond acceptors (Lipinski definition) is 2. The molecule has 0 saturated heterocycles. The zero-order valence-corrected chi connectivity index (χ0v) is 15.3. The van der Waals surface area contributed by atoms with Gasteiger partial charge in [-0.3, -0.25) is 4.98 Å². The Morgan fingerprint density at radius 1 is 1.10 bits per heavy atom. The number of nitrogens with one attached hydrogen (secondary N) is 1. The first-order chi connectivity index (χ1) is 10.2. The summed E-state index contributed by atoms with van der Waals surface area (Å²) in [6.45, 7) is 3.23. The van der Waals surface area contributed by atoms with E-state index >= 15 is 0 Å². The van der Waals surface area contributed by atoms with Crippen molar-refractivity contribution in [3.63, 3.8) is 0 Å². The van der Waals surface area contributed by atoms with Crippen LogP contribution in [0.5, 0.6) is 0 Å². The van der Waals surface area contributed by atoms with Crippen LogP contribution in [-0.2, 0) is 12.8 Å². The van der Waals surface area contributed by atoms with E-state index in [0.717, 1.165) is 40.4 Å². The standard InChI is InChI=1S/C17H20Br2N2/c1-2-8-20-17(10-13-4-3-5-14(18)9-13)11-16-7-6-15(19)12-21-16/h3-7,9,12,17,20H,2,8,10-11H2,1H3. The number of benzene rings is 1. The van der Waals surface area contributed by atoms with Gasteiger partial charge in [0.05, 0.1) is 0 Å². The van der Waals surface area contributed by atoms with Gasteiger partial charge in [0.2, 0.25) is 0 Å². The lowest BCUT2D eigenvalue weighted by atomic mass is 10.0. The third kappa shape index (κ3) is 5.89. The van der Waals surface area contributed by atoms with Crippen LogP contribution < -0.4 is 5.32 Å². The van der Waals surface area contributed by atoms with Gasteiger partial charge < -0.3 is 5.32 Å². The Hall–Kier alpha value is -0.710. The van der Waals surface area contributed by atoms with Crippen LogP contribution in [0.2, 0.25) is 0 Å². The Morgan fingerprint density at radius 2 is 1.95 bits per heavy atom. The summed E-state index contributed by atoms with van der Waals surface area (Å²) in [6.07, 6.45) is 4.96. The number of rotatable bonds is 7. The van der Waals surface area contributed by atoms with E-state index in [0.29, 0.717) is 6.04 Å². The van der Waals surface area contributed by atoms with Crippen molar-refractivity contribution >= 4 is 31.9 Å². The average molecular weight is 412 g/mol. The lowest BCUT2D eigenvalue weighted by molar-refractivity contribution is 0.500. The summed E-state index contributed by atoms with van der Waals surface area (Å²) in [6, 6.07) is 13.1. The highest BCUT2D eigenvalue weighted by Crippen LogP contribution is 2.15. The second kappa shape index (κ2) is 8.66. The minimum absolute atomic E-state index is 0.410. The molecule has 4 heteroatoms. The van der Waals surface area contributed by atoms with Crippen LogP contribution in [-0.4, -0.2) is 17.6 Å². The molecule has 0 aliphatic carbocycles. The van der Waals surface area contributed by atoms with Crippen LogP contribution in [0.1, 0.15) is 24.6 Å². The fourth-order valence-corrected chi connectivity index (χ4v) is 2.97. The van der Waals surface area contributed by atoms with E-state index in [2.05, 4.69) is 85.5 Å². The number of halogens is 2. The van der Waals surface area contributed by atoms with Crippen LogP contribution in [0.25, 0.3) is 0 Å². The first-order valence-electron chi connectivity index (χ1n) is 7.25. The third-order valence-electron chi connectivity index (χ3n) is 3.30. The van der Waals surface area contributed by atoms with Crippen molar-refractivity contribution < 1.29 is 0 Å². The van der Waals surface area contributed by atoms with Crippen molar-refractivity contribution in [2.45, 2.75) is 32.2 Å². The van der Waals surface area contributed by atoms with E-state index in [1.807, 2.05) is 6.20 Å². The maximum Gasteiger partial charge on any atom is 0.0420 e. The zero-order valence-electron chi connectivity index (χ0n) is 12.2. The molecular weight excluding hydrogens is 392 g/mol. The first kappa shape index (κ1) is 16.7. The number of nitrogens with zero attached hydrogens (tertiary/aromatic N) is 1. The molecule has 0 fully saturated rings. The molecule has 0 aliphatic rings. The fraction of sp³-hybridized carbons (Fsp3) is 0.353. The molecule has 2 rings (SSSR count). The molecule has 0 radical (unpaired) electrons. The molecular formula is C17H20Br2N2. The Labute approximate surface area is 143 Å². The molecule has 1 aromatic heterocycles. The highest BCUT2D eigenvalue weighted by atomic mass is 79.9. The minimum atomic E-state index is 0.410. The predicted octanol–water partition coefficient (Wildman–Crippen LogP) is 4.76. The smallest absolute Gasteiger partial charge is 0.0420 e. The Kier molecular flexibility index (Phi) is 6.87. The van der Waals surface area contributed by atoms with E-state index in [-0.39, 0.29) is 0 Å². The van der Waals surface area contributed by atoms with Crippen LogP contribution in [0.3, 0.4) is 0 Å². The molecule has 21 heavy (non-hydrogen) atoms. The van der Waals surface area contributed by atoms with E-state index in [9.17, 15) is 0 Å². The van der Waals surface area contributed by atoms with Gasteiger partial charge in [-0.1, -0.05) is 35.0 Å². The fourth-order valence-electron chi connectivity index (χ4n) is 2.29. The van der Waals surface area contributed by atoms with E-state index < -0.39 is 0 Å². The highest BCUT2D eigenvalue weighted by molar-refractivity contribution is 9.10. The first-order valence-corrected chi connectivity index (χ1v) is 8.84. The maximum atomic E-state index is 4.49. The van der Waals surface area contributed by atoms with Gasteiger partial charge >= 0.3 is 0 Å². The van der Waals surface area contributed by atoms with Crippen LogP contribution >= 0.6 is 31.9 Å². The molecule has 1 unspecified atom stereocenters. The highest BCUT2D eigenvalue weighted by Gasteiger charge is 2.11. The number of hydrogen-bond donors (Lipinski definition) is 1. The molecule has 1 heterocycles. The lowest BCUT2D eigenvalue weighted by Gasteiger charge is -2.18. The number of pyridine rings is 1. The SMILES string of the molecule is CCCNC(Cc1cccc(Br)c1)Cc1ccc(Br)cn1. The van der Waals surface area contributed by atoms with Gasteiger partial charge in [0.15, 0.2) is 0 Å². The zero-order chi connectivity index (χ0) is 15.1. The van der Waals surface area contributed by atoms with Crippen LogP contribution in [0.15, 0.2) is 51.5 Å². The van der Waals surface area contributed by atoms with E-state index in [1.165, 1.54) is 5.56 Å². The predicted molar refractivity (Wildman–Crippen MR) is 95.6 cm³/mol. The summed E-state index contributed by atoms with van der Waals surface area (Å²) in [5.41, 5.74) is 2.47.